The Labute approximate surface area is 137 Å². The van der Waals surface area contributed by atoms with Gasteiger partial charge in [0.05, 0.1) is 12.2 Å². The van der Waals surface area contributed by atoms with E-state index in [1.54, 1.807) is 13.3 Å². The molecule has 0 amide bonds. The highest BCUT2D eigenvalue weighted by molar-refractivity contribution is 7.98. The number of aromatic nitrogens is 2. The summed E-state index contributed by atoms with van der Waals surface area (Å²) in [5, 5.41) is 6.68. The maximum Gasteiger partial charge on any atom is 0.191 e. The van der Waals surface area contributed by atoms with Gasteiger partial charge in [-0.1, -0.05) is 0 Å². The summed E-state index contributed by atoms with van der Waals surface area (Å²) in [4.78, 5) is 13.1. The first-order valence-electron chi connectivity index (χ1n) is 7.55. The third-order valence-corrected chi connectivity index (χ3v) is 3.57. The van der Waals surface area contributed by atoms with Crippen LogP contribution in [0.4, 0.5) is 0 Å². The molecule has 0 aliphatic heterocycles. The molecule has 1 aromatic rings. The minimum atomic E-state index is 0.547. The fourth-order valence-corrected chi connectivity index (χ4v) is 2.21. The normalized spacial score (nSPS) is 11.5. The smallest absolute Gasteiger partial charge is 0.191 e. The molecule has 7 heteroatoms. The van der Waals surface area contributed by atoms with E-state index in [4.69, 9.17) is 4.74 Å². The lowest BCUT2D eigenvalue weighted by atomic mass is 10.4. The lowest BCUT2D eigenvalue weighted by Crippen LogP contribution is -2.38. The second-order valence-electron chi connectivity index (χ2n) is 4.81. The van der Waals surface area contributed by atoms with Gasteiger partial charge in [0.15, 0.2) is 5.96 Å². The predicted octanol–water partition coefficient (Wildman–Crippen LogP) is 1.61. The Kier molecular flexibility index (Phi) is 10.4. The van der Waals surface area contributed by atoms with Gasteiger partial charge in [0.1, 0.15) is 5.82 Å². The molecule has 1 heterocycles. The summed E-state index contributed by atoms with van der Waals surface area (Å²) in [6.07, 6.45) is 5.96. The minimum absolute atomic E-state index is 0.547. The van der Waals surface area contributed by atoms with Crippen molar-refractivity contribution in [3.63, 3.8) is 0 Å². The zero-order valence-electron chi connectivity index (χ0n) is 13.8. The molecule has 0 atom stereocenters. The predicted molar refractivity (Wildman–Crippen MR) is 93.4 cm³/mol. The van der Waals surface area contributed by atoms with Gasteiger partial charge in [-0.2, -0.15) is 11.8 Å². The Hall–Kier alpha value is -1.34. The van der Waals surface area contributed by atoms with Gasteiger partial charge in [-0.15, -0.1) is 0 Å². The van der Waals surface area contributed by atoms with Crippen LogP contribution >= 0.6 is 11.8 Å². The highest BCUT2D eigenvalue weighted by Gasteiger charge is 2.00. The van der Waals surface area contributed by atoms with Gasteiger partial charge in [-0.25, -0.2) is 15.0 Å². The Morgan fingerprint density at radius 3 is 2.77 bits per heavy atom. The maximum atomic E-state index is 5.06. The topological polar surface area (TPSA) is 71.4 Å². The molecule has 1 aromatic heterocycles. The minimum Gasteiger partial charge on any atom is -0.385 e. The molecule has 0 saturated heterocycles. The van der Waals surface area contributed by atoms with Gasteiger partial charge in [0, 0.05) is 33.0 Å². The second-order valence-corrected chi connectivity index (χ2v) is 5.79. The van der Waals surface area contributed by atoms with Crippen molar-refractivity contribution in [1.82, 2.24) is 20.6 Å². The summed E-state index contributed by atoms with van der Waals surface area (Å²) < 4.78 is 5.06. The number of aliphatic imine (C=N–C) groups is 1. The van der Waals surface area contributed by atoms with Gasteiger partial charge in [0.25, 0.3) is 0 Å². The number of aryl methyl sites for hydroxylation is 1. The molecule has 0 saturated carbocycles. The lowest BCUT2D eigenvalue weighted by Gasteiger charge is -2.12. The number of hydrogen-bond acceptors (Lipinski definition) is 5. The van der Waals surface area contributed by atoms with E-state index in [2.05, 4.69) is 31.8 Å². The monoisotopic (exact) mass is 325 g/mol. The van der Waals surface area contributed by atoms with Gasteiger partial charge < -0.3 is 15.4 Å². The number of nitrogens with one attached hydrogen (secondary N) is 2. The van der Waals surface area contributed by atoms with E-state index in [1.807, 2.05) is 24.8 Å². The summed E-state index contributed by atoms with van der Waals surface area (Å²) in [5.74, 6) is 2.75. The molecule has 0 aliphatic rings. The largest absolute Gasteiger partial charge is 0.385 e. The van der Waals surface area contributed by atoms with Gasteiger partial charge in [-0.3, -0.25) is 0 Å². The quantitative estimate of drug-likeness (QED) is 0.387. The first kappa shape index (κ1) is 18.7. The maximum absolute atomic E-state index is 5.06. The molecule has 0 radical (unpaired) electrons. The molecule has 1 rings (SSSR count). The highest BCUT2D eigenvalue weighted by Crippen LogP contribution is 1.97. The zero-order chi connectivity index (χ0) is 16.0. The molecule has 2 N–H and O–H groups in total. The van der Waals surface area contributed by atoms with Crippen LogP contribution in [0.2, 0.25) is 0 Å². The number of nitrogens with zero attached hydrogens (tertiary/aromatic N) is 3. The standard InChI is InChI=1S/C15H27N5OS/c1-13-16-9-6-14(20-13)12-19-15(17-7-4-10-21-2)18-8-5-11-22-3/h6,9H,4-5,7-8,10-12H2,1-3H3,(H2,17,18,19). The van der Waals surface area contributed by atoms with Crippen molar-refractivity contribution >= 4 is 17.7 Å². The summed E-state index contributed by atoms with van der Waals surface area (Å²) in [5.41, 5.74) is 0.926. The fraction of sp³-hybridized carbons (Fsp3) is 0.667. The van der Waals surface area contributed by atoms with E-state index in [0.29, 0.717) is 6.54 Å². The van der Waals surface area contributed by atoms with E-state index < -0.39 is 0 Å². The molecule has 0 bridgehead atoms. The molecule has 0 spiro atoms. The van der Waals surface area contributed by atoms with Crippen LogP contribution in [0.25, 0.3) is 0 Å². The number of methoxy groups -OCH3 is 1. The number of hydrogen-bond donors (Lipinski definition) is 2. The number of thioether (sulfide) groups is 1. The molecular weight excluding hydrogens is 298 g/mol. The molecule has 0 aliphatic carbocycles. The van der Waals surface area contributed by atoms with Gasteiger partial charge >= 0.3 is 0 Å². The summed E-state index contributed by atoms with van der Waals surface area (Å²) in [6.45, 7) is 4.94. The average Bonchev–Trinajstić information content (AvgIpc) is 2.52. The SMILES string of the molecule is COCCCNC(=NCc1ccnc(C)n1)NCCCSC. The van der Waals surface area contributed by atoms with Gasteiger partial charge in [-0.05, 0) is 37.8 Å². The van der Waals surface area contributed by atoms with Crippen LogP contribution < -0.4 is 10.6 Å². The van der Waals surface area contributed by atoms with Gasteiger partial charge in [0.2, 0.25) is 0 Å². The number of guanidine groups is 1. The molecule has 0 fully saturated rings. The third kappa shape index (κ3) is 8.84. The first-order valence-corrected chi connectivity index (χ1v) is 8.94. The zero-order valence-corrected chi connectivity index (χ0v) is 14.6. The fourth-order valence-electron chi connectivity index (χ4n) is 1.77. The van der Waals surface area contributed by atoms with Crippen molar-refractivity contribution in [2.45, 2.75) is 26.3 Å². The van der Waals surface area contributed by atoms with Crippen molar-refractivity contribution in [2.75, 3.05) is 38.8 Å². The third-order valence-electron chi connectivity index (χ3n) is 2.87. The summed E-state index contributed by atoms with van der Waals surface area (Å²) in [6, 6.07) is 1.90. The second kappa shape index (κ2) is 12.2. The molecule has 0 unspecified atom stereocenters. The molecule has 6 nitrogen and oxygen atoms in total. The van der Waals surface area contributed by atoms with E-state index in [1.165, 1.54) is 0 Å². The highest BCUT2D eigenvalue weighted by atomic mass is 32.2. The van der Waals surface area contributed by atoms with Crippen molar-refractivity contribution < 1.29 is 4.74 Å². The molecular formula is C15H27N5OS. The van der Waals surface area contributed by atoms with Crippen LogP contribution in [0, 0.1) is 6.92 Å². The molecule has 124 valence electrons. The van der Waals surface area contributed by atoms with Crippen molar-refractivity contribution in [2.24, 2.45) is 4.99 Å². The molecule has 0 aromatic carbocycles. The van der Waals surface area contributed by atoms with E-state index in [0.717, 1.165) is 55.8 Å². The Bertz CT molecular complexity index is 428. The summed E-state index contributed by atoms with van der Waals surface area (Å²) in [7, 11) is 1.72. The van der Waals surface area contributed by atoms with Crippen molar-refractivity contribution in [3.8, 4) is 0 Å². The Morgan fingerprint density at radius 2 is 2.09 bits per heavy atom. The Balaban J connectivity index is 2.48. The molecule has 22 heavy (non-hydrogen) atoms. The van der Waals surface area contributed by atoms with Crippen LogP contribution in [-0.4, -0.2) is 54.7 Å². The van der Waals surface area contributed by atoms with E-state index in [9.17, 15) is 0 Å². The van der Waals surface area contributed by atoms with Crippen LogP contribution in [0.1, 0.15) is 24.4 Å². The van der Waals surface area contributed by atoms with Crippen LogP contribution in [0.3, 0.4) is 0 Å². The van der Waals surface area contributed by atoms with Crippen LogP contribution in [0.15, 0.2) is 17.3 Å². The lowest BCUT2D eigenvalue weighted by molar-refractivity contribution is 0.195. The van der Waals surface area contributed by atoms with Crippen LogP contribution in [0.5, 0.6) is 0 Å². The number of ether oxygens (including phenoxy) is 1. The first-order chi connectivity index (χ1) is 10.8. The average molecular weight is 325 g/mol. The number of rotatable bonds is 10. The van der Waals surface area contributed by atoms with Crippen LogP contribution in [-0.2, 0) is 11.3 Å². The van der Waals surface area contributed by atoms with E-state index in [-0.39, 0.29) is 0 Å². The Morgan fingerprint density at radius 1 is 1.32 bits per heavy atom. The van der Waals surface area contributed by atoms with Crippen molar-refractivity contribution in [1.29, 1.82) is 0 Å². The van der Waals surface area contributed by atoms with Crippen molar-refractivity contribution in [3.05, 3.63) is 23.8 Å². The van der Waals surface area contributed by atoms with E-state index >= 15 is 0 Å². The summed E-state index contributed by atoms with van der Waals surface area (Å²) >= 11 is 1.86.